The van der Waals surface area contributed by atoms with Gasteiger partial charge in [0.15, 0.2) is 0 Å². The summed E-state index contributed by atoms with van der Waals surface area (Å²) in [6.07, 6.45) is 8.57. The number of amides is 1. The van der Waals surface area contributed by atoms with Crippen LogP contribution >= 0.6 is 0 Å². The molecule has 2 aromatic carbocycles. The standard InChI is InChI=1S/C30H34FN4O/c31-24-4-1-3-20(14-24)19-32-9-10-33-28-8-7-25-26(34-28)5-2-6-27(25)35-29(36)18-30-15-21-11-22(16-30)13-23(12-21)17-30/h1-8,14,19,21-23,32H,9-13,15-18H2,(H,33,34)(H,35,36). The Kier molecular flexibility index (Phi) is 6.38. The zero-order valence-corrected chi connectivity index (χ0v) is 20.6. The van der Waals surface area contributed by atoms with Gasteiger partial charge in [0, 0.05) is 24.9 Å². The molecule has 36 heavy (non-hydrogen) atoms. The number of halogens is 1. The predicted molar refractivity (Wildman–Crippen MR) is 142 cm³/mol. The number of nitrogens with one attached hydrogen (secondary N) is 3. The molecule has 1 aromatic heterocycles. The van der Waals surface area contributed by atoms with Gasteiger partial charge < -0.3 is 16.0 Å². The summed E-state index contributed by atoms with van der Waals surface area (Å²) in [7, 11) is 0. The maximum Gasteiger partial charge on any atom is 0.224 e. The zero-order chi connectivity index (χ0) is 24.5. The van der Waals surface area contributed by atoms with Crippen LogP contribution in [0.4, 0.5) is 15.9 Å². The number of rotatable bonds is 9. The molecule has 1 radical (unpaired) electrons. The predicted octanol–water partition coefficient (Wildman–Crippen LogP) is 6.13. The number of nitrogens with zero attached hydrogens (tertiary/aromatic N) is 1. The molecular formula is C30H34FN4O. The highest BCUT2D eigenvalue weighted by atomic mass is 19.1. The molecule has 0 atom stereocenters. The fraction of sp³-hybridized carbons (Fsp3) is 0.433. The Morgan fingerprint density at radius 1 is 0.972 bits per heavy atom. The molecule has 6 heteroatoms. The maximum atomic E-state index is 13.3. The first-order valence-corrected chi connectivity index (χ1v) is 13.3. The van der Waals surface area contributed by atoms with Crippen molar-refractivity contribution in [2.45, 2.75) is 44.9 Å². The third kappa shape index (κ3) is 5.10. The van der Waals surface area contributed by atoms with E-state index in [4.69, 9.17) is 4.98 Å². The summed E-state index contributed by atoms with van der Waals surface area (Å²) in [5.74, 6) is 3.25. The Labute approximate surface area is 212 Å². The van der Waals surface area contributed by atoms with Gasteiger partial charge in [-0.2, -0.15) is 0 Å². The van der Waals surface area contributed by atoms with Crippen molar-refractivity contribution >= 4 is 28.3 Å². The van der Waals surface area contributed by atoms with Crippen molar-refractivity contribution in [3.05, 3.63) is 72.5 Å². The number of aromatic nitrogens is 1. The van der Waals surface area contributed by atoms with Gasteiger partial charge in [0.2, 0.25) is 5.91 Å². The van der Waals surface area contributed by atoms with E-state index >= 15 is 0 Å². The van der Waals surface area contributed by atoms with Crippen molar-refractivity contribution in [2.24, 2.45) is 23.2 Å². The number of fused-ring (bicyclic) bond motifs is 1. The van der Waals surface area contributed by atoms with Gasteiger partial charge in [0.25, 0.3) is 0 Å². The van der Waals surface area contributed by atoms with Gasteiger partial charge in [-0.1, -0.05) is 18.2 Å². The van der Waals surface area contributed by atoms with Gasteiger partial charge in [0.1, 0.15) is 11.6 Å². The van der Waals surface area contributed by atoms with Crippen LogP contribution in [-0.2, 0) is 4.79 Å². The molecule has 4 saturated carbocycles. The largest absolute Gasteiger partial charge is 0.369 e. The molecule has 3 N–H and O–H groups in total. The van der Waals surface area contributed by atoms with Crippen molar-refractivity contribution in [3.8, 4) is 0 Å². The summed E-state index contributed by atoms with van der Waals surface area (Å²) in [6, 6.07) is 16.4. The van der Waals surface area contributed by atoms with Crippen molar-refractivity contribution in [1.82, 2.24) is 10.3 Å². The quantitative estimate of drug-likeness (QED) is 0.319. The van der Waals surface area contributed by atoms with Crippen LogP contribution in [0.15, 0.2) is 54.6 Å². The Morgan fingerprint density at radius 3 is 2.47 bits per heavy atom. The third-order valence-electron chi connectivity index (χ3n) is 8.40. The topological polar surface area (TPSA) is 66.0 Å². The minimum atomic E-state index is -0.243. The zero-order valence-electron chi connectivity index (χ0n) is 20.6. The molecule has 4 aliphatic rings. The van der Waals surface area contributed by atoms with E-state index in [1.807, 2.05) is 36.4 Å². The fourth-order valence-electron chi connectivity index (χ4n) is 7.45. The minimum absolute atomic E-state index is 0.146. The minimum Gasteiger partial charge on any atom is -0.369 e. The van der Waals surface area contributed by atoms with E-state index in [1.54, 1.807) is 12.6 Å². The summed E-state index contributed by atoms with van der Waals surface area (Å²) < 4.78 is 13.3. The maximum absolute atomic E-state index is 13.3. The molecular weight excluding hydrogens is 451 g/mol. The molecule has 1 heterocycles. The lowest BCUT2D eigenvalue weighted by atomic mass is 9.49. The monoisotopic (exact) mass is 485 g/mol. The van der Waals surface area contributed by atoms with Crippen molar-refractivity contribution < 1.29 is 9.18 Å². The van der Waals surface area contributed by atoms with Crippen LogP contribution in [-0.4, -0.2) is 24.0 Å². The van der Waals surface area contributed by atoms with Crippen LogP contribution < -0.4 is 16.0 Å². The van der Waals surface area contributed by atoms with Crippen molar-refractivity contribution in [2.75, 3.05) is 23.7 Å². The van der Waals surface area contributed by atoms with Gasteiger partial charge in [-0.3, -0.25) is 4.79 Å². The molecule has 187 valence electrons. The van der Waals surface area contributed by atoms with E-state index in [0.29, 0.717) is 19.5 Å². The number of anilines is 2. The highest BCUT2D eigenvalue weighted by Crippen LogP contribution is 2.61. The van der Waals surface area contributed by atoms with E-state index in [0.717, 1.165) is 45.7 Å². The molecule has 0 spiro atoms. The van der Waals surface area contributed by atoms with E-state index in [9.17, 15) is 9.18 Å². The van der Waals surface area contributed by atoms with Crippen molar-refractivity contribution in [1.29, 1.82) is 0 Å². The Bertz CT molecular complexity index is 1220. The molecule has 4 fully saturated rings. The molecule has 7 rings (SSSR count). The molecule has 0 unspecified atom stereocenters. The third-order valence-corrected chi connectivity index (χ3v) is 8.40. The number of benzene rings is 2. The van der Waals surface area contributed by atoms with E-state index in [2.05, 4.69) is 16.0 Å². The first-order chi connectivity index (χ1) is 17.5. The Hall–Kier alpha value is -2.99. The van der Waals surface area contributed by atoms with Gasteiger partial charge in [-0.15, -0.1) is 0 Å². The number of hydrogen-bond acceptors (Lipinski definition) is 4. The van der Waals surface area contributed by atoms with E-state index in [1.165, 1.54) is 50.7 Å². The summed E-state index contributed by atoms with van der Waals surface area (Å²) >= 11 is 0. The second kappa shape index (κ2) is 9.81. The van der Waals surface area contributed by atoms with E-state index < -0.39 is 0 Å². The second-order valence-corrected chi connectivity index (χ2v) is 11.3. The van der Waals surface area contributed by atoms with Crippen LogP contribution in [0, 0.1) is 35.5 Å². The Morgan fingerprint density at radius 2 is 1.72 bits per heavy atom. The summed E-state index contributed by atoms with van der Waals surface area (Å²) in [6.45, 7) is 3.15. The summed E-state index contributed by atoms with van der Waals surface area (Å²) in [5.41, 5.74) is 2.73. The van der Waals surface area contributed by atoms with Gasteiger partial charge in [-0.05, 0) is 104 Å². The van der Waals surface area contributed by atoms with Crippen LogP contribution in [0.25, 0.3) is 10.9 Å². The van der Waals surface area contributed by atoms with E-state index in [-0.39, 0.29) is 17.1 Å². The average molecular weight is 486 g/mol. The average Bonchev–Trinajstić information content (AvgIpc) is 2.83. The van der Waals surface area contributed by atoms with Gasteiger partial charge >= 0.3 is 0 Å². The lowest BCUT2D eigenvalue weighted by Gasteiger charge is -2.56. The molecule has 4 aliphatic carbocycles. The number of hydrogen-bond donors (Lipinski definition) is 3. The first kappa shape index (κ1) is 23.4. The highest BCUT2D eigenvalue weighted by Gasteiger charge is 2.51. The van der Waals surface area contributed by atoms with Crippen molar-refractivity contribution in [3.63, 3.8) is 0 Å². The number of pyridine rings is 1. The fourth-order valence-corrected chi connectivity index (χ4v) is 7.45. The summed E-state index contributed by atoms with van der Waals surface area (Å²) in [5, 5.41) is 10.7. The molecule has 0 aliphatic heterocycles. The number of carbonyl (C=O) groups excluding carboxylic acids is 1. The lowest BCUT2D eigenvalue weighted by molar-refractivity contribution is -0.124. The van der Waals surface area contributed by atoms with Crippen LogP contribution in [0.1, 0.15) is 50.5 Å². The van der Waals surface area contributed by atoms with Gasteiger partial charge in [0.05, 0.1) is 17.7 Å². The normalized spacial score (nSPS) is 26.3. The van der Waals surface area contributed by atoms with Crippen LogP contribution in [0.2, 0.25) is 0 Å². The molecule has 1 amide bonds. The Balaban J connectivity index is 1.04. The number of carbonyl (C=O) groups is 1. The second-order valence-electron chi connectivity index (χ2n) is 11.3. The molecule has 5 nitrogen and oxygen atoms in total. The first-order valence-electron chi connectivity index (χ1n) is 13.3. The van der Waals surface area contributed by atoms with Crippen LogP contribution in [0.3, 0.4) is 0 Å². The molecule has 4 bridgehead atoms. The van der Waals surface area contributed by atoms with Gasteiger partial charge in [-0.25, -0.2) is 9.37 Å². The highest BCUT2D eigenvalue weighted by molar-refractivity contribution is 6.01. The lowest BCUT2D eigenvalue weighted by Crippen LogP contribution is -2.47. The van der Waals surface area contributed by atoms with Crippen LogP contribution in [0.5, 0.6) is 0 Å². The SMILES string of the molecule is O=C(CC12CC3CC(CC(C3)C1)C2)Nc1cccc2nc(NCCN[CH]c3cccc(F)c3)ccc12. The molecule has 0 saturated heterocycles. The summed E-state index contributed by atoms with van der Waals surface area (Å²) in [4.78, 5) is 17.9. The molecule has 3 aromatic rings. The smallest absolute Gasteiger partial charge is 0.224 e.